The number of nitrogens with one attached hydrogen (secondary N) is 2. The number of imide groups is 1. The molecule has 1 aliphatic carbocycles. The molecule has 1 atom stereocenters. The van der Waals surface area contributed by atoms with E-state index in [1.54, 1.807) is 6.07 Å². The highest BCUT2D eigenvalue weighted by molar-refractivity contribution is 5.98. The number of benzene rings is 1. The Morgan fingerprint density at radius 2 is 1.92 bits per heavy atom. The lowest BCUT2D eigenvalue weighted by Gasteiger charge is -2.15. The fourth-order valence-electron chi connectivity index (χ4n) is 2.54. The molecule has 2 rings (SSSR count). The van der Waals surface area contributed by atoms with Crippen molar-refractivity contribution in [2.75, 3.05) is 0 Å². The first-order chi connectivity index (χ1) is 12.0. The zero-order valence-corrected chi connectivity index (χ0v) is 14.0. The highest BCUT2D eigenvalue weighted by Crippen LogP contribution is 2.17. The molecule has 0 unspecified atom stereocenters. The standard InChI is InChI=1S/C18H21FN2O4/c1-12(17(23)21-18(24)20-14-7-3-4-8-14)25-16(22)11-10-13-6-2-5-9-15(13)19/h2,5-6,9-12,14H,3-4,7-8H2,1H3,(H2,20,21,23,24)/b11-10+/t12-/m0/s1. The highest BCUT2D eigenvalue weighted by atomic mass is 19.1. The number of hydrogen-bond acceptors (Lipinski definition) is 4. The van der Waals surface area contributed by atoms with Crippen LogP contribution in [0.3, 0.4) is 0 Å². The Bertz CT molecular complexity index is 669. The normalized spacial score (nSPS) is 15.8. The fourth-order valence-corrected chi connectivity index (χ4v) is 2.54. The Labute approximate surface area is 145 Å². The van der Waals surface area contributed by atoms with Crippen LogP contribution in [0.1, 0.15) is 38.2 Å². The van der Waals surface area contributed by atoms with Gasteiger partial charge in [-0.15, -0.1) is 0 Å². The van der Waals surface area contributed by atoms with Gasteiger partial charge in [-0.05, 0) is 31.9 Å². The monoisotopic (exact) mass is 348 g/mol. The second kappa shape index (κ2) is 8.96. The van der Waals surface area contributed by atoms with Crippen molar-refractivity contribution < 1.29 is 23.5 Å². The molecule has 0 aromatic heterocycles. The second-order valence-electron chi connectivity index (χ2n) is 5.88. The maximum absolute atomic E-state index is 13.4. The summed E-state index contributed by atoms with van der Waals surface area (Å²) in [6.45, 7) is 1.35. The Balaban J connectivity index is 1.78. The molecule has 1 aliphatic rings. The summed E-state index contributed by atoms with van der Waals surface area (Å²) in [5, 5.41) is 4.85. The minimum atomic E-state index is -1.15. The van der Waals surface area contributed by atoms with E-state index in [-0.39, 0.29) is 11.6 Å². The molecular weight excluding hydrogens is 327 g/mol. The lowest BCUT2D eigenvalue weighted by molar-refractivity contribution is -0.149. The average molecular weight is 348 g/mol. The Kier molecular flexibility index (Phi) is 6.68. The average Bonchev–Trinajstić information content (AvgIpc) is 3.06. The van der Waals surface area contributed by atoms with Crippen molar-refractivity contribution in [3.05, 3.63) is 41.7 Å². The molecule has 1 aromatic carbocycles. The topological polar surface area (TPSA) is 84.5 Å². The van der Waals surface area contributed by atoms with Gasteiger partial charge in [0.1, 0.15) is 5.82 Å². The van der Waals surface area contributed by atoms with E-state index in [2.05, 4.69) is 10.6 Å². The van der Waals surface area contributed by atoms with Crippen LogP contribution in [0.2, 0.25) is 0 Å². The van der Waals surface area contributed by atoms with Crippen LogP contribution in [0.4, 0.5) is 9.18 Å². The van der Waals surface area contributed by atoms with Crippen LogP contribution in [0.25, 0.3) is 6.08 Å². The first kappa shape index (κ1) is 18.6. The highest BCUT2D eigenvalue weighted by Gasteiger charge is 2.22. The zero-order valence-electron chi connectivity index (χ0n) is 14.0. The van der Waals surface area contributed by atoms with E-state index >= 15 is 0 Å². The smallest absolute Gasteiger partial charge is 0.331 e. The van der Waals surface area contributed by atoms with Gasteiger partial charge in [-0.1, -0.05) is 31.0 Å². The predicted octanol–water partition coefficient (Wildman–Crippen LogP) is 2.54. The van der Waals surface area contributed by atoms with Crippen molar-refractivity contribution in [1.82, 2.24) is 10.6 Å². The molecule has 134 valence electrons. The Hall–Kier alpha value is -2.70. The molecule has 0 aliphatic heterocycles. The van der Waals surface area contributed by atoms with Crippen LogP contribution >= 0.6 is 0 Å². The second-order valence-corrected chi connectivity index (χ2v) is 5.88. The van der Waals surface area contributed by atoms with E-state index in [4.69, 9.17) is 4.74 Å². The molecule has 1 saturated carbocycles. The third kappa shape index (κ3) is 6.02. The molecule has 7 heteroatoms. The molecule has 1 fully saturated rings. The van der Waals surface area contributed by atoms with E-state index in [1.807, 2.05) is 0 Å². The van der Waals surface area contributed by atoms with Gasteiger partial charge in [-0.3, -0.25) is 10.1 Å². The molecule has 0 spiro atoms. The van der Waals surface area contributed by atoms with Crippen molar-refractivity contribution >= 4 is 24.0 Å². The van der Waals surface area contributed by atoms with Crippen LogP contribution < -0.4 is 10.6 Å². The summed E-state index contributed by atoms with van der Waals surface area (Å²) in [7, 11) is 0. The molecule has 0 bridgehead atoms. The van der Waals surface area contributed by atoms with Gasteiger partial charge in [0.05, 0.1) is 0 Å². The summed E-state index contributed by atoms with van der Waals surface area (Å²) >= 11 is 0. The molecule has 6 nitrogen and oxygen atoms in total. The minimum absolute atomic E-state index is 0.0781. The van der Waals surface area contributed by atoms with Crippen LogP contribution in [0, 0.1) is 5.82 Å². The summed E-state index contributed by atoms with van der Waals surface area (Å²) < 4.78 is 18.3. The lowest BCUT2D eigenvalue weighted by Crippen LogP contribution is -2.47. The van der Waals surface area contributed by atoms with Crippen molar-refractivity contribution in [2.45, 2.75) is 44.8 Å². The summed E-state index contributed by atoms with van der Waals surface area (Å²) in [6.07, 6.45) is 5.05. The van der Waals surface area contributed by atoms with Crippen molar-refractivity contribution in [3.63, 3.8) is 0 Å². The maximum atomic E-state index is 13.4. The first-order valence-corrected chi connectivity index (χ1v) is 8.20. The van der Waals surface area contributed by atoms with Crippen LogP contribution in [0.15, 0.2) is 30.3 Å². The summed E-state index contributed by atoms with van der Waals surface area (Å²) in [6, 6.07) is 5.42. The van der Waals surface area contributed by atoms with E-state index in [1.165, 1.54) is 31.2 Å². The number of urea groups is 1. The van der Waals surface area contributed by atoms with E-state index in [9.17, 15) is 18.8 Å². The molecular formula is C18H21FN2O4. The van der Waals surface area contributed by atoms with Gasteiger partial charge in [0.2, 0.25) is 0 Å². The quantitative estimate of drug-likeness (QED) is 0.633. The molecule has 0 heterocycles. The maximum Gasteiger partial charge on any atom is 0.331 e. The predicted molar refractivity (Wildman–Crippen MR) is 89.9 cm³/mol. The molecule has 2 N–H and O–H groups in total. The SMILES string of the molecule is C[C@H](OC(=O)/C=C/c1ccccc1F)C(=O)NC(=O)NC1CCCC1. The third-order valence-corrected chi connectivity index (χ3v) is 3.89. The molecule has 1 aromatic rings. The number of hydrogen-bond donors (Lipinski definition) is 2. The van der Waals surface area contributed by atoms with Crippen LogP contribution in [-0.2, 0) is 14.3 Å². The summed E-state index contributed by atoms with van der Waals surface area (Å²) in [5.74, 6) is -1.99. The van der Waals surface area contributed by atoms with Gasteiger partial charge in [0.25, 0.3) is 5.91 Å². The van der Waals surface area contributed by atoms with Gasteiger partial charge in [0, 0.05) is 17.7 Å². The number of rotatable bonds is 5. The van der Waals surface area contributed by atoms with Crippen LogP contribution in [0.5, 0.6) is 0 Å². The molecule has 25 heavy (non-hydrogen) atoms. The van der Waals surface area contributed by atoms with E-state index in [0.29, 0.717) is 0 Å². The number of esters is 1. The fraction of sp³-hybridized carbons (Fsp3) is 0.389. The summed E-state index contributed by atoms with van der Waals surface area (Å²) in [4.78, 5) is 35.3. The van der Waals surface area contributed by atoms with E-state index < -0.39 is 29.8 Å². The van der Waals surface area contributed by atoms with Crippen LogP contribution in [-0.4, -0.2) is 30.1 Å². The lowest BCUT2D eigenvalue weighted by atomic mass is 10.2. The van der Waals surface area contributed by atoms with Gasteiger partial charge in [-0.25, -0.2) is 14.0 Å². The van der Waals surface area contributed by atoms with Crippen molar-refractivity contribution in [3.8, 4) is 0 Å². The third-order valence-electron chi connectivity index (χ3n) is 3.89. The number of halogens is 1. The van der Waals surface area contributed by atoms with Crippen molar-refractivity contribution in [2.24, 2.45) is 0 Å². The zero-order chi connectivity index (χ0) is 18.2. The Morgan fingerprint density at radius 1 is 1.24 bits per heavy atom. The number of carbonyl (C=O) groups is 3. The van der Waals surface area contributed by atoms with Crippen molar-refractivity contribution in [1.29, 1.82) is 0 Å². The first-order valence-electron chi connectivity index (χ1n) is 8.20. The molecule has 3 amide bonds. The molecule has 0 saturated heterocycles. The number of ether oxygens (including phenoxy) is 1. The van der Waals surface area contributed by atoms with Gasteiger partial charge in [-0.2, -0.15) is 0 Å². The Morgan fingerprint density at radius 3 is 2.60 bits per heavy atom. The van der Waals surface area contributed by atoms with Gasteiger partial charge >= 0.3 is 12.0 Å². The molecule has 0 radical (unpaired) electrons. The van der Waals surface area contributed by atoms with Gasteiger partial charge < -0.3 is 10.1 Å². The largest absolute Gasteiger partial charge is 0.449 e. The number of amides is 3. The number of carbonyl (C=O) groups excluding carboxylic acids is 3. The van der Waals surface area contributed by atoms with Gasteiger partial charge in [0.15, 0.2) is 6.10 Å². The minimum Gasteiger partial charge on any atom is -0.449 e. The summed E-state index contributed by atoms with van der Waals surface area (Å²) in [5.41, 5.74) is 0.229. The van der Waals surface area contributed by atoms with E-state index in [0.717, 1.165) is 31.8 Å².